The zero-order chi connectivity index (χ0) is 19.7. The summed E-state index contributed by atoms with van der Waals surface area (Å²) in [5.74, 6) is -0.443. The molecule has 0 aliphatic carbocycles. The van der Waals surface area contributed by atoms with Crippen LogP contribution in [0.1, 0.15) is 22.8 Å². The third-order valence-corrected chi connectivity index (χ3v) is 4.78. The van der Waals surface area contributed by atoms with Gasteiger partial charge in [0.1, 0.15) is 5.52 Å². The first-order valence-electron chi connectivity index (χ1n) is 9.20. The number of hydrogen-bond donors (Lipinski definition) is 3. The molecule has 2 aromatic carbocycles. The van der Waals surface area contributed by atoms with Crippen LogP contribution in [0.3, 0.4) is 0 Å². The Labute approximate surface area is 161 Å². The van der Waals surface area contributed by atoms with Crippen molar-refractivity contribution in [2.45, 2.75) is 13.5 Å². The van der Waals surface area contributed by atoms with E-state index in [-0.39, 0.29) is 12.2 Å². The Kier molecular flexibility index (Phi) is 4.71. The lowest BCUT2D eigenvalue weighted by molar-refractivity contribution is 0.0529. The van der Waals surface area contributed by atoms with Gasteiger partial charge in [-0.15, -0.1) is 0 Å². The number of H-pyrrole nitrogens is 2. The van der Waals surface area contributed by atoms with Gasteiger partial charge in [-0.05, 0) is 48.9 Å². The predicted molar refractivity (Wildman–Crippen MR) is 111 cm³/mol. The molecule has 3 N–H and O–H groups in total. The molecule has 2 aromatic heterocycles. The molecule has 6 heteroatoms. The van der Waals surface area contributed by atoms with Crippen LogP contribution in [0.15, 0.2) is 53.5 Å². The summed E-state index contributed by atoms with van der Waals surface area (Å²) >= 11 is 0. The summed E-state index contributed by atoms with van der Waals surface area (Å²) in [6, 6.07) is 14.1. The molecule has 0 unspecified atom stereocenters. The SMILES string of the molecule is CCOC(=O)c1c[nH]c2c(=O)[nH]c3ccc(-c4cccc(CNC)c4)cc3c12. The molecule has 0 aliphatic heterocycles. The van der Waals surface area contributed by atoms with Gasteiger partial charge >= 0.3 is 5.97 Å². The van der Waals surface area contributed by atoms with Gasteiger partial charge in [-0.3, -0.25) is 4.79 Å². The van der Waals surface area contributed by atoms with Crippen LogP contribution in [0.2, 0.25) is 0 Å². The van der Waals surface area contributed by atoms with Gasteiger partial charge in [0.2, 0.25) is 0 Å². The van der Waals surface area contributed by atoms with Crippen molar-refractivity contribution < 1.29 is 9.53 Å². The normalized spacial score (nSPS) is 11.2. The third kappa shape index (κ3) is 3.08. The molecular formula is C22H21N3O3. The maximum Gasteiger partial charge on any atom is 0.340 e. The smallest absolute Gasteiger partial charge is 0.340 e. The van der Waals surface area contributed by atoms with Gasteiger partial charge in [-0.1, -0.05) is 24.3 Å². The summed E-state index contributed by atoms with van der Waals surface area (Å²) < 4.78 is 5.16. The summed E-state index contributed by atoms with van der Waals surface area (Å²) in [5.41, 5.74) is 4.42. The minimum absolute atomic E-state index is 0.262. The number of rotatable bonds is 5. The summed E-state index contributed by atoms with van der Waals surface area (Å²) in [6.07, 6.45) is 1.54. The van der Waals surface area contributed by atoms with E-state index in [1.807, 2.05) is 37.4 Å². The Hall–Kier alpha value is -3.38. The quantitative estimate of drug-likeness (QED) is 0.466. The molecule has 0 bridgehead atoms. The molecule has 0 fully saturated rings. The number of aromatic amines is 2. The van der Waals surface area contributed by atoms with Crippen LogP contribution in [0.25, 0.3) is 32.9 Å². The van der Waals surface area contributed by atoms with Crippen molar-refractivity contribution in [2.24, 2.45) is 0 Å². The molecule has 0 saturated heterocycles. The van der Waals surface area contributed by atoms with Gasteiger partial charge < -0.3 is 20.0 Å². The van der Waals surface area contributed by atoms with Crippen molar-refractivity contribution >= 4 is 27.8 Å². The van der Waals surface area contributed by atoms with Gasteiger partial charge in [0.05, 0.1) is 12.2 Å². The van der Waals surface area contributed by atoms with E-state index in [9.17, 15) is 9.59 Å². The van der Waals surface area contributed by atoms with E-state index in [2.05, 4.69) is 27.4 Å². The number of hydrogen-bond acceptors (Lipinski definition) is 4. The molecule has 4 rings (SSSR count). The van der Waals surface area contributed by atoms with E-state index in [1.165, 1.54) is 11.8 Å². The summed E-state index contributed by atoms with van der Waals surface area (Å²) in [7, 11) is 1.92. The number of pyridine rings is 1. The topological polar surface area (TPSA) is 87.0 Å². The minimum Gasteiger partial charge on any atom is -0.462 e. The van der Waals surface area contributed by atoms with E-state index >= 15 is 0 Å². The van der Waals surface area contributed by atoms with Gasteiger partial charge in [0.25, 0.3) is 5.56 Å². The van der Waals surface area contributed by atoms with Crippen LogP contribution in [-0.2, 0) is 11.3 Å². The first-order valence-corrected chi connectivity index (χ1v) is 9.20. The fourth-order valence-electron chi connectivity index (χ4n) is 3.54. The first kappa shape index (κ1) is 18.0. The fraction of sp³-hybridized carbons (Fsp3) is 0.182. The Morgan fingerprint density at radius 2 is 1.96 bits per heavy atom. The number of aromatic nitrogens is 2. The molecule has 0 radical (unpaired) electrons. The predicted octanol–water partition coefficient (Wildman–Crippen LogP) is 3.57. The zero-order valence-electron chi connectivity index (χ0n) is 15.8. The Morgan fingerprint density at radius 3 is 2.75 bits per heavy atom. The molecule has 0 saturated carbocycles. The molecule has 6 nitrogen and oxygen atoms in total. The first-order chi connectivity index (χ1) is 13.6. The highest BCUT2D eigenvalue weighted by molar-refractivity contribution is 6.15. The van der Waals surface area contributed by atoms with Crippen LogP contribution in [0, 0.1) is 0 Å². The van der Waals surface area contributed by atoms with E-state index in [0.717, 1.165) is 23.1 Å². The largest absolute Gasteiger partial charge is 0.462 e. The molecule has 2 heterocycles. The highest BCUT2D eigenvalue weighted by Crippen LogP contribution is 2.30. The second kappa shape index (κ2) is 7.32. The van der Waals surface area contributed by atoms with Crippen LogP contribution in [0.4, 0.5) is 0 Å². The molecule has 0 atom stereocenters. The van der Waals surface area contributed by atoms with Crippen molar-refractivity contribution in [3.8, 4) is 11.1 Å². The summed E-state index contributed by atoms with van der Waals surface area (Å²) in [5, 5.41) is 4.55. The van der Waals surface area contributed by atoms with Crippen molar-refractivity contribution in [3.63, 3.8) is 0 Å². The molecular weight excluding hydrogens is 354 g/mol. The number of fused-ring (bicyclic) bond motifs is 3. The van der Waals surface area contributed by atoms with Crippen molar-refractivity contribution in [1.82, 2.24) is 15.3 Å². The minimum atomic E-state index is -0.443. The highest BCUT2D eigenvalue weighted by Gasteiger charge is 2.18. The summed E-state index contributed by atoms with van der Waals surface area (Å²) in [4.78, 5) is 30.6. The van der Waals surface area contributed by atoms with E-state index < -0.39 is 5.97 Å². The lowest BCUT2D eigenvalue weighted by Gasteiger charge is -2.08. The average molecular weight is 375 g/mol. The monoisotopic (exact) mass is 375 g/mol. The zero-order valence-corrected chi connectivity index (χ0v) is 15.8. The van der Waals surface area contributed by atoms with E-state index in [4.69, 9.17) is 4.74 Å². The fourth-order valence-corrected chi connectivity index (χ4v) is 3.54. The van der Waals surface area contributed by atoms with Crippen LogP contribution in [0.5, 0.6) is 0 Å². The number of carbonyl (C=O) groups excluding carboxylic acids is 1. The Morgan fingerprint density at radius 1 is 1.14 bits per heavy atom. The van der Waals surface area contributed by atoms with E-state index in [0.29, 0.717) is 22.0 Å². The number of nitrogens with one attached hydrogen (secondary N) is 3. The Bertz CT molecular complexity index is 1240. The molecule has 142 valence electrons. The van der Waals surface area contributed by atoms with Crippen LogP contribution < -0.4 is 10.9 Å². The highest BCUT2D eigenvalue weighted by atomic mass is 16.5. The average Bonchev–Trinajstić information content (AvgIpc) is 3.15. The van der Waals surface area contributed by atoms with Crippen LogP contribution >= 0.6 is 0 Å². The van der Waals surface area contributed by atoms with Gasteiger partial charge in [-0.25, -0.2) is 4.79 Å². The standard InChI is InChI=1S/C22H21N3O3/c1-3-28-22(27)17-12-24-20-19(17)16-10-15(7-8-18(16)25-21(20)26)14-6-4-5-13(9-14)11-23-2/h4-10,12,23-24H,3,11H2,1-2H3,(H,25,26). The maximum atomic E-state index is 12.4. The van der Waals surface area contributed by atoms with Gasteiger partial charge in [0, 0.05) is 29.0 Å². The molecule has 4 aromatic rings. The molecule has 0 spiro atoms. The summed E-state index contributed by atoms with van der Waals surface area (Å²) in [6.45, 7) is 2.81. The van der Waals surface area contributed by atoms with Gasteiger partial charge in [0.15, 0.2) is 0 Å². The van der Waals surface area contributed by atoms with Gasteiger partial charge in [-0.2, -0.15) is 0 Å². The lowest BCUT2D eigenvalue weighted by atomic mass is 9.99. The van der Waals surface area contributed by atoms with Crippen molar-refractivity contribution in [1.29, 1.82) is 0 Å². The second-order valence-electron chi connectivity index (χ2n) is 6.62. The molecule has 28 heavy (non-hydrogen) atoms. The Balaban J connectivity index is 1.95. The van der Waals surface area contributed by atoms with Crippen molar-refractivity contribution in [2.75, 3.05) is 13.7 Å². The maximum absolute atomic E-state index is 12.4. The number of carbonyl (C=O) groups is 1. The lowest BCUT2D eigenvalue weighted by Crippen LogP contribution is -2.08. The third-order valence-electron chi connectivity index (χ3n) is 4.78. The number of ether oxygens (including phenoxy) is 1. The number of esters is 1. The van der Waals surface area contributed by atoms with Crippen molar-refractivity contribution in [3.05, 3.63) is 70.1 Å². The molecule has 0 aliphatic rings. The second-order valence-corrected chi connectivity index (χ2v) is 6.62. The van der Waals surface area contributed by atoms with E-state index in [1.54, 1.807) is 6.92 Å². The molecule has 0 amide bonds. The van der Waals surface area contributed by atoms with Crippen LogP contribution in [-0.4, -0.2) is 29.6 Å². The number of benzene rings is 2.